The van der Waals surface area contributed by atoms with Crippen LogP contribution in [0.5, 0.6) is 0 Å². The Bertz CT molecular complexity index is 194. The molecule has 1 aliphatic carbocycles. The van der Waals surface area contributed by atoms with Crippen molar-refractivity contribution < 1.29 is 5.11 Å². The third kappa shape index (κ3) is 2.75. The average Bonchev–Trinajstić information content (AvgIpc) is 2.03. The molecule has 0 aromatic rings. The Kier molecular flexibility index (Phi) is 3.05. The first-order valence-electron chi connectivity index (χ1n) is 5.29. The van der Waals surface area contributed by atoms with Gasteiger partial charge in [-0.15, -0.1) is 0 Å². The van der Waals surface area contributed by atoms with E-state index in [2.05, 4.69) is 20.8 Å². The molecule has 1 rings (SSSR count). The number of rotatable bonds is 0. The van der Waals surface area contributed by atoms with E-state index in [-0.39, 0.29) is 0 Å². The largest absolute Gasteiger partial charge is 0.513 e. The summed E-state index contributed by atoms with van der Waals surface area (Å²) < 4.78 is 0. The van der Waals surface area contributed by atoms with E-state index in [4.69, 9.17) is 0 Å². The fourth-order valence-corrected chi connectivity index (χ4v) is 2.19. The van der Waals surface area contributed by atoms with Crippen LogP contribution in [0.15, 0.2) is 11.3 Å². The molecule has 76 valence electrons. The normalized spacial score (nSPS) is 24.6. The van der Waals surface area contributed by atoms with Crippen molar-refractivity contribution in [2.75, 3.05) is 0 Å². The number of hydrogen-bond acceptors (Lipinski definition) is 1. The minimum Gasteiger partial charge on any atom is -0.513 e. The SMILES string of the molecule is CC(O)=C1CCC(C(C)(C)C)CC1. The van der Waals surface area contributed by atoms with Gasteiger partial charge in [-0.25, -0.2) is 0 Å². The van der Waals surface area contributed by atoms with Crippen molar-refractivity contribution in [3.05, 3.63) is 11.3 Å². The standard InChI is InChI=1S/C12H22O/c1-9(13)10-5-7-11(8-6-10)12(2,3)4/h11,13H,5-8H2,1-4H3. The van der Waals surface area contributed by atoms with E-state index in [1.54, 1.807) is 0 Å². The molecule has 1 N–H and O–H groups in total. The Labute approximate surface area is 81.9 Å². The van der Waals surface area contributed by atoms with Crippen molar-refractivity contribution in [3.63, 3.8) is 0 Å². The van der Waals surface area contributed by atoms with Crippen molar-refractivity contribution in [2.24, 2.45) is 11.3 Å². The van der Waals surface area contributed by atoms with E-state index in [1.165, 1.54) is 18.4 Å². The molecule has 0 radical (unpaired) electrons. The van der Waals surface area contributed by atoms with E-state index in [9.17, 15) is 5.11 Å². The zero-order chi connectivity index (χ0) is 10.1. The van der Waals surface area contributed by atoms with Crippen molar-refractivity contribution in [3.8, 4) is 0 Å². The van der Waals surface area contributed by atoms with Crippen LogP contribution in [0, 0.1) is 11.3 Å². The Morgan fingerprint density at radius 2 is 1.69 bits per heavy atom. The number of allylic oxidation sites excluding steroid dienone is 2. The van der Waals surface area contributed by atoms with Crippen LogP contribution in [-0.4, -0.2) is 5.11 Å². The van der Waals surface area contributed by atoms with Crippen LogP contribution in [0.3, 0.4) is 0 Å². The molecule has 0 aromatic carbocycles. The smallest absolute Gasteiger partial charge is 0.0883 e. The summed E-state index contributed by atoms with van der Waals surface area (Å²) >= 11 is 0. The van der Waals surface area contributed by atoms with Gasteiger partial charge in [0.05, 0.1) is 5.76 Å². The monoisotopic (exact) mass is 182 g/mol. The molecular formula is C12H22O. The van der Waals surface area contributed by atoms with E-state index in [0.717, 1.165) is 18.8 Å². The van der Waals surface area contributed by atoms with Gasteiger partial charge in [-0.05, 0) is 49.5 Å². The Morgan fingerprint density at radius 1 is 1.23 bits per heavy atom. The molecule has 0 aromatic heterocycles. The lowest BCUT2D eigenvalue weighted by Crippen LogP contribution is -2.23. The quantitative estimate of drug-likeness (QED) is 0.560. The van der Waals surface area contributed by atoms with Gasteiger partial charge < -0.3 is 5.11 Å². The molecule has 0 aliphatic heterocycles. The van der Waals surface area contributed by atoms with Gasteiger partial charge in [0.25, 0.3) is 0 Å². The Balaban J connectivity index is 2.54. The maximum absolute atomic E-state index is 9.35. The van der Waals surface area contributed by atoms with Crippen molar-refractivity contribution in [1.82, 2.24) is 0 Å². The zero-order valence-electron chi connectivity index (χ0n) is 9.35. The molecule has 0 unspecified atom stereocenters. The van der Waals surface area contributed by atoms with Gasteiger partial charge in [0.2, 0.25) is 0 Å². The van der Waals surface area contributed by atoms with Gasteiger partial charge in [-0.3, -0.25) is 0 Å². The van der Waals surface area contributed by atoms with Crippen LogP contribution in [0.1, 0.15) is 53.4 Å². The zero-order valence-corrected chi connectivity index (χ0v) is 9.35. The predicted molar refractivity (Wildman–Crippen MR) is 56.7 cm³/mol. The maximum atomic E-state index is 9.35. The van der Waals surface area contributed by atoms with Gasteiger partial charge in [0.15, 0.2) is 0 Å². The minimum absolute atomic E-state index is 0.439. The Morgan fingerprint density at radius 3 is 2.00 bits per heavy atom. The van der Waals surface area contributed by atoms with Gasteiger partial charge in [-0.1, -0.05) is 20.8 Å². The van der Waals surface area contributed by atoms with Crippen LogP contribution in [-0.2, 0) is 0 Å². The number of aliphatic hydroxyl groups is 1. The van der Waals surface area contributed by atoms with Crippen LogP contribution < -0.4 is 0 Å². The summed E-state index contributed by atoms with van der Waals surface area (Å²) in [5.41, 5.74) is 1.72. The molecule has 0 amide bonds. The van der Waals surface area contributed by atoms with Crippen LogP contribution in [0.2, 0.25) is 0 Å². The lowest BCUT2D eigenvalue weighted by molar-refractivity contribution is 0.194. The van der Waals surface area contributed by atoms with Crippen LogP contribution in [0.25, 0.3) is 0 Å². The first-order valence-corrected chi connectivity index (χ1v) is 5.29. The molecule has 1 saturated carbocycles. The van der Waals surface area contributed by atoms with Gasteiger partial charge >= 0.3 is 0 Å². The van der Waals surface area contributed by atoms with E-state index < -0.39 is 0 Å². The summed E-state index contributed by atoms with van der Waals surface area (Å²) in [5.74, 6) is 1.39. The average molecular weight is 182 g/mol. The molecule has 0 spiro atoms. The highest BCUT2D eigenvalue weighted by Crippen LogP contribution is 2.39. The molecule has 1 fully saturated rings. The van der Waals surface area contributed by atoms with Crippen LogP contribution in [0.4, 0.5) is 0 Å². The van der Waals surface area contributed by atoms with Gasteiger partial charge in [-0.2, -0.15) is 0 Å². The predicted octanol–water partition coefficient (Wildman–Crippen LogP) is 4.05. The molecule has 13 heavy (non-hydrogen) atoms. The maximum Gasteiger partial charge on any atom is 0.0883 e. The lowest BCUT2D eigenvalue weighted by atomic mass is 9.71. The van der Waals surface area contributed by atoms with E-state index in [1.807, 2.05) is 6.92 Å². The van der Waals surface area contributed by atoms with Crippen molar-refractivity contribution >= 4 is 0 Å². The summed E-state index contributed by atoms with van der Waals surface area (Å²) in [6.07, 6.45) is 4.70. The van der Waals surface area contributed by atoms with E-state index >= 15 is 0 Å². The van der Waals surface area contributed by atoms with Gasteiger partial charge in [0, 0.05) is 0 Å². The number of hydrogen-bond donors (Lipinski definition) is 1. The fourth-order valence-electron chi connectivity index (χ4n) is 2.19. The molecule has 0 bridgehead atoms. The minimum atomic E-state index is 0.439. The highest BCUT2D eigenvalue weighted by molar-refractivity contribution is 5.08. The highest BCUT2D eigenvalue weighted by Gasteiger charge is 2.27. The Hall–Kier alpha value is -0.460. The molecular weight excluding hydrogens is 160 g/mol. The first kappa shape index (κ1) is 10.6. The molecule has 0 heterocycles. The summed E-state index contributed by atoms with van der Waals surface area (Å²) in [4.78, 5) is 0. The van der Waals surface area contributed by atoms with Crippen LogP contribution >= 0.6 is 0 Å². The molecule has 1 nitrogen and oxygen atoms in total. The van der Waals surface area contributed by atoms with Crippen molar-refractivity contribution in [1.29, 1.82) is 0 Å². The van der Waals surface area contributed by atoms with Gasteiger partial charge in [0.1, 0.15) is 0 Å². The second kappa shape index (κ2) is 3.73. The number of aliphatic hydroxyl groups excluding tert-OH is 1. The first-order chi connectivity index (χ1) is 5.91. The summed E-state index contributed by atoms with van der Waals surface area (Å²) in [6, 6.07) is 0. The molecule has 1 aliphatic rings. The fraction of sp³-hybridized carbons (Fsp3) is 0.833. The van der Waals surface area contributed by atoms with Crippen molar-refractivity contribution in [2.45, 2.75) is 53.4 Å². The summed E-state index contributed by atoms with van der Waals surface area (Å²) in [5, 5.41) is 9.35. The van der Waals surface area contributed by atoms with E-state index in [0.29, 0.717) is 11.2 Å². The molecule has 0 atom stereocenters. The summed E-state index contributed by atoms with van der Waals surface area (Å²) in [7, 11) is 0. The summed E-state index contributed by atoms with van der Waals surface area (Å²) in [6.45, 7) is 8.77. The topological polar surface area (TPSA) is 20.2 Å². The molecule has 0 saturated heterocycles. The third-order valence-corrected chi connectivity index (χ3v) is 3.33. The second-order valence-corrected chi connectivity index (χ2v) is 5.33. The second-order valence-electron chi connectivity index (χ2n) is 5.33. The molecule has 1 heteroatoms. The third-order valence-electron chi connectivity index (χ3n) is 3.33. The lowest BCUT2D eigenvalue weighted by Gasteiger charge is -2.34. The highest BCUT2D eigenvalue weighted by atomic mass is 16.3.